The van der Waals surface area contributed by atoms with Gasteiger partial charge in [0.25, 0.3) is 0 Å². The van der Waals surface area contributed by atoms with Gasteiger partial charge in [-0.3, -0.25) is 4.79 Å². The smallest absolute Gasteiger partial charge is 0.407 e. The molecule has 2 saturated carbocycles. The molecule has 2 amide bonds. The summed E-state index contributed by atoms with van der Waals surface area (Å²) in [5.74, 6) is -1.87. The average molecular weight is 569 g/mol. The van der Waals surface area contributed by atoms with Crippen LogP contribution in [0.15, 0.2) is 78.9 Å². The van der Waals surface area contributed by atoms with E-state index in [-0.39, 0.29) is 36.9 Å². The van der Waals surface area contributed by atoms with E-state index in [0.29, 0.717) is 0 Å². The number of benzene rings is 3. The van der Waals surface area contributed by atoms with Gasteiger partial charge in [-0.2, -0.15) is 0 Å². The van der Waals surface area contributed by atoms with Crippen molar-refractivity contribution in [3.05, 3.63) is 95.6 Å². The molecule has 3 aromatic carbocycles. The first-order valence-electron chi connectivity index (χ1n) is 14.7. The fraction of sp³-hybridized carbons (Fsp3) is 0.382. The maximum Gasteiger partial charge on any atom is 0.407 e. The van der Waals surface area contributed by atoms with Crippen LogP contribution in [-0.2, 0) is 25.7 Å². The number of carbonyl (C=O) groups excluding carboxylic acids is 2. The topological polar surface area (TPSA) is 114 Å². The second kappa shape index (κ2) is 12.0. The zero-order chi connectivity index (χ0) is 29.2. The van der Waals surface area contributed by atoms with Crippen molar-refractivity contribution < 1.29 is 29.0 Å². The molecular formula is C34H36N2O6. The van der Waals surface area contributed by atoms with Gasteiger partial charge in [0.05, 0.1) is 18.6 Å². The number of ether oxygens (including phenoxy) is 2. The zero-order valence-corrected chi connectivity index (χ0v) is 23.6. The minimum atomic E-state index is -1.21. The second-order valence-corrected chi connectivity index (χ2v) is 11.7. The van der Waals surface area contributed by atoms with E-state index in [0.717, 1.165) is 47.1 Å². The highest BCUT2D eigenvalue weighted by atomic mass is 16.5. The molecule has 2 bridgehead atoms. The lowest BCUT2D eigenvalue weighted by atomic mass is 9.83. The van der Waals surface area contributed by atoms with Crippen LogP contribution in [-0.4, -0.2) is 47.9 Å². The Morgan fingerprint density at radius 3 is 2.17 bits per heavy atom. The Kier molecular flexibility index (Phi) is 7.98. The summed E-state index contributed by atoms with van der Waals surface area (Å²) >= 11 is 0. The van der Waals surface area contributed by atoms with Gasteiger partial charge < -0.3 is 25.2 Å². The van der Waals surface area contributed by atoms with Gasteiger partial charge in [-0.15, -0.1) is 0 Å². The number of rotatable bonds is 10. The first-order valence-corrected chi connectivity index (χ1v) is 14.7. The minimum absolute atomic E-state index is 0.0593. The molecule has 0 heterocycles. The molecule has 8 nitrogen and oxygen atoms in total. The fourth-order valence-corrected chi connectivity index (χ4v) is 7.18. The van der Waals surface area contributed by atoms with Crippen molar-refractivity contribution in [3.63, 3.8) is 0 Å². The summed E-state index contributed by atoms with van der Waals surface area (Å²) in [5, 5.41) is 15.6. The lowest BCUT2D eigenvalue weighted by Gasteiger charge is -2.32. The van der Waals surface area contributed by atoms with Crippen LogP contribution in [0.5, 0.6) is 0 Å². The number of aliphatic carboxylic acids is 1. The number of carboxylic acid groups (broad SMARTS) is 1. The summed E-state index contributed by atoms with van der Waals surface area (Å²) in [6.45, 7) is 2.08. The molecule has 42 heavy (non-hydrogen) atoms. The molecule has 0 radical (unpaired) electrons. The minimum Gasteiger partial charge on any atom is -0.480 e. The van der Waals surface area contributed by atoms with E-state index in [2.05, 4.69) is 34.9 Å². The van der Waals surface area contributed by atoms with E-state index in [9.17, 15) is 19.5 Å². The molecule has 6 atom stereocenters. The van der Waals surface area contributed by atoms with Gasteiger partial charge in [0.15, 0.2) is 6.04 Å². The van der Waals surface area contributed by atoms with Crippen molar-refractivity contribution in [3.8, 4) is 11.1 Å². The monoisotopic (exact) mass is 568 g/mol. The standard InChI is InChI=1S/C34H36N2O6/c1-20(41-18-21-9-3-2-4-10-21)30(33(38)39)35-32(37)29-22-15-16-23(17-22)31(29)36-34(40)42-19-28-26-13-7-5-11-24(26)25-12-6-8-14-27(25)28/h2-14,20,22-23,28-31H,15-19H2,1H3,(H,35,37)(H,36,40)(H,38,39)/t20-,22?,23?,29?,30+,31?/m0/s1. The predicted octanol–water partition coefficient (Wildman–Crippen LogP) is 5.11. The van der Waals surface area contributed by atoms with Crippen LogP contribution in [0, 0.1) is 17.8 Å². The number of hydrogen-bond donors (Lipinski definition) is 3. The molecule has 2 fully saturated rings. The Bertz CT molecular complexity index is 1410. The highest BCUT2D eigenvalue weighted by Gasteiger charge is 2.52. The average Bonchev–Trinajstić information content (AvgIpc) is 3.70. The van der Waals surface area contributed by atoms with Crippen molar-refractivity contribution in [2.45, 2.75) is 56.9 Å². The van der Waals surface area contributed by atoms with Gasteiger partial charge in [-0.1, -0.05) is 78.9 Å². The first-order chi connectivity index (χ1) is 20.4. The lowest BCUT2D eigenvalue weighted by molar-refractivity contribution is -0.147. The molecule has 3 aliphatic carbocycles. The quantitative estimate of drug-likeness (QED) is 0.313. The summed E-state index contributed by atoms with van der Waals surface area (Å²) < 4.78 is 11.6. The van der Waals surface area contributed by atoms with Crippen LogP contribution in [0.4, 0.5) is 4.79 Å². The number of fused-ring (bicyclic) bond motifs is 5. The molecule has 0 aliphatic heterocycles. The SMILES string of the molecule is C[C@H](OCc1ccccc1)[C@@H](NC(=O)C1C2CCC(C2)C1NC(=O)OCC1c2ccccc2-c2ccccc21)C(=O)O. The predicted molar refractivity (Wildman–Crippen MR) is 157 cm³/mol. The van der Waals surface area contributed by atoms with Gasteiger partial charge in [0.2, 0.25) is 5.91 Å². The zero-order valence-electron chi connectivity index (χ0n) is 23.6. The van der Waals surface area contributed by atoms with Crippen molar-refractivity contribution in [1.29, 1.82) is 0 Å². The molecule has 0 saturated heterocycles. The highest BCUT2D eigenvalue weighted by Crippen LogP contribution is 2.49. The Balaban J connectivity index is 1.09. The maximum absolute atomic E-state index is 13.5. The summed E-state index contributed by atoms with van der Waals surface area (Å²) in [7, 11) is 0. The highest BCUT2D eigenvalue weighted by molar-refractivity contribution is 5.87. The van der Waals surface area contributed by atoms with Crippen LogP contribution in [0.2, 0.25) is 0 Å². The largest absolute Gasteiger partial charge is 0.480 e. The second-order valence-electron chi connectivity index (χ2n) is 11.7. The van der Waals surface area contributed by atoms with Gasteiger partial charge in [-0.05, 0) is 65.8 Å². The third-order valence-electron chi connectivity index (χ3n) is 9.24. The van der Waals surface area contributed by atoms with E-state index in [1.165, 1.54) is 0 Å². The van der Waals surface area contributed by atoms with Gasteiger partial charge >= 0.3 is 12.1 Å². The Morgan fingerprint density at radius 2 is 1.50 bits per heavy atom. The number of alkyl carbamates (subject to hydrolysis) is 1. The van der Waals surface area contributed by atoms with Crippen molar-refractivity contribution >= 4 is 18.0 Å². The molecule has 3 aliphatic rings. The fourth-order valence-electron chi connectivity index (χ4n) is 7.18. The molecular weight excluding hydrogens is 532 g/mol. The molecule has 0 spiro atoms. The van der Waals surface area contributed by atoms with Crippen molar-refractivity contribution in [2.24, 2.45) is 17.8 Å². The Labute approximate surface area is 245 Å². The summed E-state index contributed by atoms with van der Waals surface area (Å²) in [6, 6.07) is 24.2. The number of hydrogen-bond acceptors (Lipinski definition) is 5. The molecule has 3 aromatic rings. The van der Waals surface area contributed by atoms with E-state index < -0.39 is 36.2 Å². The third kappa shape index (κ3) is 5.51. The van der Waals surface area contributed by atoms with Crippen LogP contribution >= 0.6 is 0 Å². The van der Waals surface area contributed by atoms with E-state index >= 15 is 0 Å². The number of carboxylic acids is 1. The van der Waals surface area contributed by atoms with Gasteiger partial charge in [0, 0.05) is 12.0 Å². The molecule has 8 heteroatoms. The molecule has 6 rings (SSSR count). The van der Waals surface area contributed by atoms with Crippen LogP contribution < -0.4 is 10.6 Å². The first kappa shape index (κ1) is 28.0. The van der Waals surface area contributed by atoms with Crippen molar-refractivity contribution in [2.75, 3.05) is 6.61 Å². The van der Waals surface area contributed by atoms with Crippen LogP contribution in [0.25, 0.3) is 11.1 Å². The van der Waals surface area contributed by atoms with Gasteiger partial charge in [0.1, 0.15) is 6.61 Å². The maximum atomic E-state index is 13.5. The summed E-state index contributed by atoms with van der Waals surface area (Å²) in [4.78, 5) is 38.8. The molecule has 0 aromatic heterocycles. The van der Waals surface area contributed by atoms with Crippen LogP contribution in [0.3, 0.4) is 0 Å². The third-order valence-corrected chi connectivity index (χ3v) is 9.24. The lowest BCUT2D eigenvalue weighted by Crippen LogP contribution is -2.55. The number of nitrogens with one attached hydrogen (secondary N) is 2. The number of amides is 2. The van der Waals surface area contributed by atoms with Crippen molar-refractivity contribution in [1.82, 2.24) is 10.6 Å². The normalized spacial score (nSPS) is 23.5. The molecule has 218 valence electrons. The molecule has 3 N–H and O–H groups in total. The van der Waals surface area contributed by atoms with Crippen LogP contribution in [0.1, 0.15) is 48.8 Å². The number of carbonyl (C=O) groups is 3. The van der Waals surface area contributed by atoms with E-state index in [4.69, 9.17) is 9.47 Å². The summed E-state index contributed by atoms with van der Waals surface area (Å²) in [6.07, 6.45) is 1.32. The van der Waals surface area contributed by atoms with E-state index in [1.54, 1.807) is 6.92 Å². The Hall–Kier alpha value is -4.17. The molecule has 4 unspecified atom stereocenters. The Morgan fingerprint density at radius 1 is 0.881 bits per heavy atom. The van der Waals surface area contributed by atoms with E-state index in [1.807, 2.05) is 54.6 Å². The van der Waals surface area contributed by atoms with Gasteiger partial charge in [-0.25, -0.2) is 9.59 Å². The summed E-state index contributed by atoms with van der Waals surface area (Å²) in [5.41, 5.74) is 5.49.